The fourth-order valence-electron chi connectivity index (χ4n) is 1.81. The Morgan fingerprint density at radius 1 is 1.36 bits per heavy atom. The zero-order chi connectivity index (χ0) is 16.2. The van der Waals surface area contributed by atoms with E-state index in [-0.39, 0.29) is 23.5 Å². The van der Waals surface area contributed by atoms with Crippen molar-refractivity contribution in [2.45, 2.75) is 17.4 Å². The number of nitrogens with one attached hydrogen (secondary N) is 1. The molecule has 22 heavy (non-hydrogen) atoms. The molecular formula is C13H14N2O5S2. The number of nitro benzene ring substituents is 1. The van der Waals surface area contributed by atoms with Crippen LogP contribution in [-0.4, -0.2) is 25.0 Å². The van der Waals surface area contributed by atoms with Crippen LogP contribution in [0, 0.1) is 10.1 Å². The van der Waals surface area contributed by atoms with Gasteiger partial charge in [-0.3, -0.25) is 10.1 Å². The largest absolute Gasteiger partial charge is 0.388 e. The van der Waals surface area contributed by atoms with Crippen LogP contribution < -0.4 is 4.72 Å². The minimum atomic E-state index is -3.84. The van der Waals surface area contributed by atoms with Gasteiger partial charge >= 0.3 is 0 Å². The van der Waals surface area contributed by atoms with Crippen molar-refractivity contribution in [3.63, 3.8) is 0 Å². The third kappa shape index (κ3) is 4.10. The first-order valence-electron chi connectivity index (χ1n) is 6.34. The molecule has 118 valence electrons. The molecule has 0 radical (unpaired) electrons. The van der Waals surface area contributed by atoms with Gasteiger partial charge in [-0.2, -0.15) is 11.3 Å². The molecule has 0 saturated heterocycles. The van der Waals surface area contributed by atoms with E-state index in [1.807, 2.05) is 5.38 Å². The van der Waals surface area contributed by atoms with Gasteiger partial charge in [-0.25, -0.2) is 13.1 Å². The maximum atomic E-state index is 12.1. The lowest BCUT2D eigenvalue weighted by Crippen LogP contribution is -2.26. The van der Waals surface area contributed by atoms with E-state index in [0.29, 0.717) is 0 Å². The third-order valence-corrected chi connectivity index (χ3v) is 5.14. The topological polar surface area (TPSA) is 110 Å². The summed E-state index contributed by atoms with van der Waals surface area (Å²) in [6.45, 7) is 0.0298. The lowest BCUT2D eigenvalue weighted by atomic mass is 10.1. The Morgan fingerprint density at radius 2 is 2.14 bits per heavy atom. The zero-order valence-corrected chi connectivity index (χ0v) is 13.0. The van der Waals surface area contributed by atoms with Crippen LogP contribution >= 0.6 is 11.3 Å². The second-order valence-corrected chi connectivity index (χ2v) is 7.06. The molecule has 0 aliphatic rings. The Morgan fingerprint density at radius 3 is 2.77 bits per heavy atom. The first-order chi connectivity index (χ1) is 10.4. The predicted molar refractivity (Wildman–Crippen MR) is 82.2 cm³/mol. The summed E-state index contributed by atoms with van der Waals surface area (Å²) in [4.78, 5) is 9.85. The molecule has 2 aromatic rings. The van der Waals surface area contributed by atoms with E-state index in [0.717, 1.165) is 11.6 Å². The molecule has 0 spiro atoms. The number of aliphatic hydroxyl groups excluding tert-OH is 1. The van der Waals surface area contributed by atoms with Gasteiger partial charge in [0.1, 0.15) is 0 Å². The number of thiophene rings is 1. The predicted octanol–water partition coefficient (Wildman–Crippen LogP) is 2.06. The van der Waals surface area contributed by atoms with Gasteiger partial charge in [0.25, 0.3) is 5.69 Å². The zero-order valence-electron chi connectivity index (χ0n) is 11.4. The van der Waals surface area contributed by atoms with E-state index in [9.17, 15) is 23.6 Å². The van der Waals surface area contributed by atoms with Crippen molar-refractivity contribution >= 4 is 27.0 Å². The van der Waals surface area contributed by atoms with E-state index < -0.39 is 21.1 Å². The molecule has 1 aromatic heterocycles. The van der Waals surface area contributed by atoms with Crippen LogP contribution in [0.4, 0.5) is 5.69 Å². The van der Waals surface area contributed by atoms with E-state index in [2.05, 4.69) is 4.72 Å². The maximum absolute atomic E-state index is 12.1. The van der Waals surface area contributed by atoms with Crippen molar-refractivity contribution in [2.75, 3.05) is 6.54 Å². The number of sulfonamides is 1. The lowest BCUT2D eigenvalue weighted by molar-refractivity contribution is -0.385. The molecule has 7 nitrogen and oxygen atoms in total. The molecule has 0 aliphatic heterocycles. The molecule has 9 heteroatoms. The lowest BCUT2D eigenvalue weighted by Gasteiger charge is -2.10. The molecule has 2 rings (SSSR count). The summed E-state index contributed by atoms with van der Waals surface area (Å²) in [6.07, 6.45) is -0.538. The van der Waals surface area contributed by atoms with Crippen LogP contribution in [0.5, 0.6) is 0 Å². The van der Waals surface area contributed by atoms with Crippen LogP contribution in [0.2, 0.25) is 0 Å². The summed E-state index contributed by atoms with van der Waals surface area (Å²) >= 11 is 1.45. The fourth-order valence-corrected chi connectivity index (χ4v) is 3.60. The van der Waals surface area contributed by atoms with Gasteiger partial charge < -0.3 is 5.11 Å². The van der Waals surface area contributed by atoms with Crippen molar-refractivity contribution in [2.24, 2.45) is 0 Å². The molecule has 0 saturated carbocycles. The normalized spacial score (nSPS) is 13.0. The molecule has 1 aromatic carbocycles. The summed E-state index contributed by atoms with van der Waals surface area (Å²) in [6, 6.07) is 6.58. The highest BCUT2D eigenvalue weighted by Gasteiger charge is 2.18. The molecule has 0 amide bonds. The van der Waals surface area contributed by atoms with Crippen LogP contribution in [0.15, 0.2) is 46.0 Å². The van der Waals surface area contributed by atoms with Crippen molar-refractivity contribution in [1.29, 1.82) is 0 Å². The van der Waals surface area contributed by atoms with E-state index >= 15 is 0 Å². The van der Waals surface area contributed by atoms with E-state index in [1.165, 1.54) is 29.5 Å². The summed E-state index contributed by atoms with van der Waals surface area (Å²) in [5.74, 6) is 0. The van der Waals surface area contributed by atoms with Gasteiger partial charge in [0.2, 0.25) is 10.0 Å². The minimum absolute atomic E-state index is 0.0298. The number of aliphatic hydroxyl groups is 1. The quantitative estimate of drug-likeness (QED) is 0.591. The molecule has 0 fully saturated rings. The number of non-ortho nitro benzene ring substituents is 1. The first kappa shape index (κ1) is 16.6. The maximum Gasteiger partial charge on any atom is 0.270 e. The number of nitrogens with zero attached hydrogens (tertiary/aromatic N) is 1. The molecule has 1 heterocycles. The minimum Gasteiger partial charge on any atom is -0.388 e. The smallest absolute Gasteiger partial charge is 0.270 e. The molecule has 1 unspecified atom stereocenters. The Balaban J connectivity index is 1.99. The highest BCUT2D eigenvalue weighted by atomic mass is 32.2. The van der Waals surface area contributed by atoms with Crippen molar-refractivity contribution in [3.05, 3.63) is 56.8 Å². The van der Waals surface area contributed by atoms with Gasteiger partial charge in [0.15, 0.2) is 0 Å². The van der Waals surface area contributed by atoms with Crippen molar-refractivity contribution in [1.82, 2.24) is 4.72 Å². The van der Waals surface area contributed by atoms with Crippen LogP contribution in [0.1, 0.15) is 18.1 Å². The Labute approximate surface area is 131 Å². The van der Waals surface area contributed by atoms with Gasteiger partial charge in [-0.15, -0.1) is 0 Å². The van der Waals surface area contributed by atoms with Gasteiger partial charge in [-0.1, -0.05) is 6.07 Å². The summed E-state index contributed by atoms with van der Waals surface area (Å²) in [7, 11) is -3.84. The summed E-state index contributed by atoms with van der Waals surface area (Å²) < 4.78 is 26.5. The summed E-state index contributed by atoms with van der Waals surface area (Å²) in [5, 5.41) is 24.2. The monoisotopic (exact) mass is 342 g/mol. The average Bonchev–Trinajstić information content (AvgIpc) is 3.01. The Kier molecular flexibility index (Phi) is 5.24. The highest BCUT2D eigenvalue weighted by molar-refractivity contribution is 7.89. The standard InChI is InChI=1S/C13H14N2O5S2/c16-13(10-5-7-21-9-10)4-6-14-22(19,20)12-3-1-2-11(8-12)15(17)18/h1-3,5,7-9,13-14,16H,4,6H2. The molecule has 2 N–H and O–H groups in total. The van der Waals surface area contributed by atoms with Crippen molar-refractivity contribution in [3.8, 4) is 0 Å². The second kappa shape index (κ2) is 6.97. The van der Waals surface area contributed by atoms with E-state index in [4.69, 9.17) is 0 Å². The summed E-state index contributed by atoms with van der Waals surface area (Å²) in [5.41, 5.74) is 0.445. The number of hydrogen-bond donors (Lipinski definition) is 2. The van der Waals surface area contributed by atoms with E-state index in [1.54, 1.807) is 11.4 Å². The van der Waals surface area contributed by atoms with Gasteiger partial charge in [0, 0.05) is 18.7 Å². The van der Waals surface area contributed by atoms with Crippen LogP contribution in [0.3, 0.4) is 0 Å². The highest BCUT2D eigenvalue weighted by Crippen LogP contribution is 2.20. The third-order valence-electron chi connectivity index (χ3n) is 2.98. The molecular weight excluding hydrogens is 328 g/mol. The number of nitro groups is 1. The second-order valence-electron chi connectivity index (χ2n) is 4.51. The van der Waals surface area contributed by atoms with Crippen molar-refractivity contribution < 1.29 is 18.4 Å². The number of benzene rings is 1. The Bertz CT molecular complexity index is 744. The SMILES string of the molecule is O=[N+]([O-])c1cccc(S(=O)(=O)NCCC(O)c2ccsc2)c1. The van der Waals surface area contributed by atoms with Crippen LogP contribution in [0.25, 0.3) is 0 Å². The molecule has 0 aliphatic carbocycles. The number of hydrogen-bond acceptors (Lipinski definition) is 6. The molecule has 0 bridgehead atoms. The number of rotatable bonds is 7. The average molecular weight is 342 g/mol. The molecule has 1 atom stereocenters. The first-order valence-corrected chi connectivity index (χ1v) is 8.77. The fraction of sp³-hybridized carbons (Fsp3) is 0.231. The van der Waals surface area contributed by atoms with Gasteiger partial charge in [0.05, 0.1) is 15.9 Å². The van der Waals surface area contributed by atoms with Crippen LogP contribution in [-0.2, 0) is 10.0 Å². The Hall–Kier alpha value is -1.81. The van der Waals surface area contributed by atoms with Gasteiger partial charge in [-0.05, 0) is 34.9 Å².